The molecular weight excluding hydrogens is 236 g/mol. The summed E-state index contributed by atoms with van der Waals surface area (Å²) in [7, 11) is 0. The fourth-order valence-electron chi connectivity index (χ4n) is 1.10. The lowest BCUT2D eigenvalue weighted by atomic mass is 10.3. The first-order valence-electron chi connectivity index (χ1n) is 4.04. The molecule has 2 heterocycles. The standard InChI is InChI=1S/C10H7ClOS2/c11-6-7(12)8-3-4-10(14-8)9-2-1-5-13-9/h1-5H,6H2. The number of hydrogen-bond donors (Lipinski definition) is 0. The molecule has 0 bridgehead atoms. The number of thiophene rings is 2. The van der Waals surface area contributed by atoms with E-state index >= 15 is 0 Å². The first-order valence-corrected chi connectivity index (χ1v) is 6.27. The van der Waals surface area contributed by atoms with Crippen molar-refractivity contribution in [3.05, 3.63) is 34.5 Å². The summed E-state index contributed by atoms with van der Waals surface area (Å²) >= 11 is 8.65. The van der Waals surface area contributed by atoms with Gasteiger partial charge in [0.25, 0.3) is 0 Å². The number of hydrogen-bond acceptors (Lipinski definition) is 3. The van der Waals surface area contributed by atoms with E-state index in [4.69, 9.17) is 11.6 Å². The molecule has 0 saturated carbocycles. The normalized spacial score (nSPS) is 10.4. The molecule has 2 rings (SSSR count). The van der Waals surface area contributed by atoms with Gasteiger partial charge in [-0.3, -0.25) is 4.79 Å². The van der Waals surface area contributed by atoms with Crippen molar-refractivity contribution in [2.45, 2.75) is 0 Å². The highest BCUT2D eigenvalue weighted by atomic mass is 35.5. The summed E-state index contributed by atoms with van der Waals surface area (Å²) in [6.45, 7) is 0. The molecule has 0 atom stereocenters. The number of rotatable bonds is 3. The van der Waals surface area contributed by atoms with E-state index in [2.05, 4.69) is 0 Å². The van der Waals surface area contributed by atoms with E-state index in [-0.39, 0.29) is 11.7 Å². The third-order valence-corrected chi connectivity index (χ3v) is 4.20. The molecule has 72 valence electrons. The minimum absolute atomic E-state index is 0.000488. The van der Waals surface area contributed by atoms with Crippen molar-refractivity contribution in [3.8, 4) is 9.75 Å². The summed E-state index contributed by atoms with van der Waals surface area (Å²) in [5.41, 5.74) is 0. The van der Waals surface area contributed by atoms with Gasteiger partial charge in [-0.15, -0.1) is 34.3 Å². The lowest BCUT2D eigenvalue weighted by Crippen LogP contribution is -1.95. The Bertz CT molecular complexity index is 431. The predicted octanol–water partition coefficient (Wildman–Crippen LogP) is 3.90. The Labute approximate surface area is 95.0 Å². The van der Waals surface area contributed by atoms with Gasteiger partial charge in [-0.05, 0) is 23.6 Å². The Morgan fingerprint density at radius 2 is 2.14 bits per heavy atom. The largest absolute Gasteiger partial charge is 0.292 e. The molecule has 0 aliphatic rings. The molecule has 0 spiro atoms. The van der Waals surface area contributed by atoms with Gasteiger partial charge in [0.15, 0.2) is 5.78 Å². The lowest BCUT2D eigenvalue weighted by Gasteiger charge is -1.89. The highest BCUT2D eigenvalue weighted by molar-refractivity contribution is 7.22. The second-order valence-electron chi connectivity index (χ2n) is 2.70. The molecule has 1 nitrogen and oxygen atoms in total. The highest BCUT2D eigenvalue weighted by Crippen LogP contribution is 2.31. The van der Waals surface area contributed by atoms with Crippen LogP contribution in [0.15, 0.2) is 29.6 Å². The van der Waals surface area contributed by atoms with E-state index in [0.717, 1.165) is 9.75 Å². The Morgan fingerprint density at radius 1 is 1.29 bits per heavy atom. The van der Waals surface area contributed by atoms with Crippen LogP contribution in [0.5, 0.6) is 0 Å². The van der Waals surface area contributed by atoms with Crippen LogP contribution < -0.4 is 0 Å². The maximum atomic E-state index is 11.3. The Kier molecular flexibility index (Phi) is 3.01. The van der Waals surface area contributed by atoms with Crippen LogP contribution in [-0.2, 0) is 0 Å². The van der Waals surface area contributed by atoms with Crippen LogP contribution in [0.4, 0.5) is 0 Å². The van der Waals surface area contributed by atoms with E-state index in [1.165, 1.54) is 16.2 Å². The molecule has 14 heavy (non-hydrogen) atoms. The maximum Gasteiger partial charge on any atom is 0.187 e. The molecule has 0 aliphatic heterocycles. The molecular formula is C10H7ClOS2. The van der Waals surface area contributed by atoms with Gasteiger partial charge in [-0.25, -0.2) is 0 Å². The summed E-state index contributed by atoms with van der Waals surface area (Å²) in [6.07, 6.45) is 0. The number of carbonyl (C=O) groups excluding carboxylic acids is 1. The minimum atomic E-state index is -0.000488. The summed E-state index contributed by atoms with van der Waals surface area (Å²) < 4.78 is 0. The van der Waals surface area contributed by atoms with Crippen molar-refractivity contribution in [2.24, 2.45) is 0 Å². The highest BCUT2D eigenvalue weighted by Gasteiger charge is 2.09. The topological polar surface area (TPSA) is 17.1 Å². The van der Waals surface area contributed by atoms with Gasteiger partial charge in [-0.1, -0.05) is 6.07 Å². The van der Waals surface area contributed by atoms with Crippen molar-refractivity contribution in [1.82, 2.24) is 0 Å². The molecule has 0 aromatic carbocycles. The first-order chi connectivity index (χ1) is 6.81. The van der Waals surface area contributed by atoms with Gasteiger partial charge in [0.2, 0.25) is 0 Å². The Hall–Kier alpha value is -0.640. The minimum Gasteiger partial charge on any atom is -0.292 e. The van der Waals surface area contributed by atoms with Crippen molar-refractivity contribution in [3.63, 3.8) is 0 Å². The molecule has 2 aromatic rings. The molecule has 0 unspecified atom stereocenters. The summed E-state index contributed by atoms with van der Waals surface area (Å²) in [6, 6.07) is 7.86. The fourth-order valence-corrected chi connectivity index (χ4v) is 3.11. The van der Waals surface area contributed by atoms with Crippen molar-refractivity contribution in [1.29, 1.82) is 0 Å². The monoisotopic (exact) mass is 242 g/mol. The Morgan fingerprint density at radius 3 is 2.79 bits per heavy atom. The third kappa shape index (κ3) is 1.90. The van der Waals surface area contributed by atoms with E-state index in [9.17, 15) is 4.79 Å². The summed E-state index contributed by atoms with van der Waals surface area (Å²) in [5, 5.41) is 2.03. The number of carbonyl (C=O) groups is 1. The van der Waals surface area contributed by atoms with Gasteiger partial charge in [-0.2, -0.15) is 0 Å². The predicted molar refractivity (Wildman–Crippen MR) is 62.7 cm³/mol. The molecule has 0 radical (unpaired) electrons. The number of halogens is 1. The summed E-state index contributed by atoms with van der Waals surface area (Å²) in [4.78, 5) is 14.3. The zero-order chi connectivity index (χ0) is 9.97. The van der Waals surface area contributed by atoms with Gasteiger partial charge < -0.3 is 0 Å². The van der Waals surface area contributed by atoms with Crippen molar-refractivity contribution >= 4 is 40.1 Å². The van der Waals surface area contributed by atoms with Crippen LogP contribution in [-0.4, -0.2) is 11.7 Å². The molecule has 0 aliphatic carbocycles. The molecule has 0 amide bonds. The maximum absolute atomic E-state index is 11.3. The van der Waals surface area contributed by atoms with Crippen LogP contribution in [0.25, 0.3) is 9.75 Å². The summed E-state index contributed by atoms with van der Waals surface area (Å²) in [5.74, 6) is 0.0594. The van der Waals surface area contributed by atoms with E-state index in [1.807, 2.05) is 29.6 Å². The van der Waals surface area contributed by atoms with E-state index in [1.54, 1.807) is 11.3 Å². The van der Waals surface area contributed by atoms with Gasteiger partial charge in [0.05, 0.1) is 10.8 Å². The van der Waals surface area contributed by atoms with Crippen LogP contribution in [0.2, 0.25) is 0 Å². The van der Waals surface area contributed by atoms with Crippen LogP contribution in [0.3, 0.4) is 0 Å². The second-order valence-corrected chi connectivity index (χ2v) is 5.00. The van der Waals surface area contributed by atoms with Crippen molar-refractivity contribution in [2.75, 3.05) is 5.88 Å². The third-order valence-electron chi connectivity index (χ3n) is 1.77. The van der Waals surface area contributed by atoms with E-state index < -0.39 is 0 Å². The smallest absolute Gasteiger partial charge is 0.187 e. The Balaban J connectivity index is 2.31. The van der Waals surface area contributed by atoms with Crippen LogP contribution in [0, 0.1) is 0 Å². The fraction of sp³-hybridized carbons (Fsp3) is 0.100. The molecule has 4 heteroatoms. The first kappa shape index (κ1) is 9.90. The number of Topliss-reactive ketones (excluding diaryl/α,β-unsaturated/α-hetero) is 1. The lowest BCUT2D eigenvalue weighted by molar-refractivity contribution is 0.102. The molecule has 0 fully saturated rings. The van der Waals surface area contributed by atoms with Crippen LogP contribution >= 0.6 is 34.3 Å². The molecule has 0 saturated heterocycles. The molecule has 0 N–H and O–H groups in total. The SMILES string of the molecule is O=C(CCl)c1ccc(-c2cccs2)s1. The van der Waals surface area contributed by atoms with Crippen LogP contribution in [0.1, 0.15) is 9.67 Å². The average molecular weight is 243 g/mol. The average Bonchev–Trinajstić information content (AvgIpc) is 2.86. The van der Waals surface area contributed by atoms with Gasteiger partial charge in [0, 0.05) is 9.75 Å². The van der Waals surface area contributed by atoms with Crippen molar-refractivity contribution < 1.29 is 4.79 Å². The quantitative estimate of drug-likeness (QED) is 0.589. The zero-order valence-electron chi connectivity index (χ0n) is 7.20. The van der Waals surface area contributed by atoms with E-state index in [0.29, 0.717) is 0 Å². The van der Waals surface area contributed by atoms with Gasteiger partial charge >= 0.3 is 0 Å². The second kappa shape index (κ2) is 4.26. The molecule has 2 aromatic heterocycles. The number of ketones is 1. The zero-order valence-corrected chi connectivity index (χ0v) is 9.59. The number of alkyl halides is 1. The van der Waals surface area contributed by atoms with Gasteiger partial charge in [0.1, 0.15) is 0 Å².